The van der Waals surface area contributed by atoms with Gasteiger partial charge in [0, 0.05) is 56.3 Å². The van der Waals surface area contributed by atoms with E-state index < -0.39 is 0 Å². The van der Waals surface area contributed by atoms with Gasteiger partial charge in [0.25, 0.3) is 0 Å². The molecule has 0 spiro atoms. The van der Waals surface area contributed by atoms with Crippen LogP contribution in [0.1, 0.15) is 40.8 Å². The fourth-order valence-corrected chi connectivity index (χ4v) is 4.37. The first-order chi connectivity index (χ1) is 13.6. The Morgan fingerprint density at radius 1 is 1.29 bits per heavy atom. The number of rotatable bonds is 7. The lowest BCUT2D eigenvalue weighted by Crippen LogP contribution is -2.48. The van der Waals surface area contributed by atoms with E-state index in [0.717, 1.165) is 57.9 Å². The van der Waals surface area contributed by atoms with Crippen LogP contribution < -0.4 is 10.6 Å². The lowest BCUT2D eigenvalue weighted by molar-refractivity contribution is 0.198. The van der Waals surface area contributed by atoms with Gasteiger partial charge in [0.05, 0.1) is 5.01 Å². The first-order valence-corrected chi connectivity index (χ1v) is 11.2. The molecular formula is C22H33N5S. The maximum absolute atomic E-state index is 4.76. The van der Waals surface area contributed by atoms with Gasteiger partial charge in [-0.3, -0.25) is 9.89 Å². The molecule has 1 aliphatic heterocycles. The molecule has 2 N–H and O–H groups in total. The zero-order valence-corrected chi connectivity index (χ0v) is 18.2. The molecule has 2 aromatic rings. The SMILES string of the molecule is CCNC(=NCCc1ncc(C)s1)NC1CCN(Cc2cccc(C)c2)CC1. The largest absolute Gasteiger partial charge is 0.357 e. The van der Waals surface area contributed by atoms with Gasteiger partial charge in [-0.15, -0.1) is 11.3 Å². The average Bonchev–Trinajstić information content (AvgIpc) is 3.09. The fraction of sp³-hybridized carbons (Fsp3) is 0.545. The van der Waals surface area contributed by atoms with Crippen molar-refractivity contribution in [1.29, 1.82) is 0 Å². The fourth-order valence-electron chi connectivity index (χ4n) is 3.60. The number of piperidine rings is 1. The monoisotopic (exact) mass is 399 g/mol. The first kappa shape index (κ1) is 20.8. The molecule has 1 fully saturated rings. The number of likely N-dealkylation sites (tertiary alicyclic amines) is 1. The molecule has 1 saturated heterocycles. The standard InChI is InChI=1S/C22H33N5S/c1-4-23-22(24-11-8-21-25-15-18(3)28-21)26-20-9-12-27(13-10-20)16-19-7-5-6-17(2)14-19/h5-7,14-15,20H,4,8-13,16H2,1-3H3,(H2,23,24,26). The molecule has 0 atom stereocenters. The maximum atomic E-state index is 4.76. The molecular weight excluding hydrogens is 366 g/mol. The van der Waals surface area contributed by atoms with E-state index in [4.69, 9.17) is 4.99 Å². The highest BCUT2D eigenvalue weighted by Crippen LogP contribution is 2.15. The van der Waals surface area contributed by atoms with Crippen molar-refractivity contribution >= 4 is 17.3 Å². The summed E-state index contributed by atoms with van der Waals surface area (Å²) in [6.45, 7) is 11.3. The van der Waals surface area contributed by atoms with Gasteiger partial charge >= 0.3 is 0 Å². The van der Waals surface area contributed by atoms with Gasteiger partial charge in [-0.05, 0) is 39.2 Å². The van der Waals surface area contributed by atoms with E-state index in [-0.39, 0.29) is 0 Å². The maximum Gasteiger partial charge on any atom is 0.191 e. The predicted octanol–water partition coefficient (Wildman–Crippen LogP) is 3.52. The number of aryl methyl sites for hydroxylation is 2. The van der Waals surface area contributed by atoms with E-state index >= 15 is 0 Å². The molecule has 0 saturated carbocycles. The number of aliphatic imine (C=N–C) groups is 1. The van der Waals surface area contributed by atoms with Gasteiger partial charge in [-0.1, -0.05) is 29.8 Å². The highest BCUT2D eigenvalue weighted by Gasteiger charge is 2.20. The van der Waals surface area contributed by atoms with Crippen molar-refractivity contribution in [3.05, 3.63) is 51.5 Å². The van der Waals surface area contributed by atoms with Gasteiger partial charge in [0.2, 0.25) is 0 Å². The number of nitrogens with one attached hydrogen (secondary N) is 2. The highest BCUT2D eigenvalue weighted by atomic mass is 32.1. The van der Waals surface area contributed by atoms with Crippen LogP contribution in [0.3, 0.4) is 0 Å². The lowest BCUT2D eigenvalue weighted by Gasteiger charge is -2.33. The van der Waals surface area contributed by atoms with E-state index in [1.807, 2.05) is 6.20 Å². The quantitative estimate of drug-likeness (QED) is 0.552. The Kier molecular flexibility index (Phi) is 7.86. The summed E-state index contributed by atoms with van der Waals surface area (Å²) in [5.74, 6) is 0.938. The van der Waals surface area contributed by atoms with E-state index in [9.17, 15) is 0 Å². The molecule has 0 amide bonds. The minimum atomic E-state index is 0.494. The topological polar surface area (TPSA) is 52.6 Å². The summed E-state index contributed by atoms with van der Waals surface area (Å²) in [7, 11) is 0. The Hall–Kier alpha value is -1.92. The molecule has 28 heavy (non-hydrogen) atoms. The first-order valence-electron chi connectivity index (χ1n) is 10.4. The van der Waals surface area contributed by atoms with Crippen LogP contribution in [0.2, 0.25) is 0 Å². The van der Waals surface area contributed by atoms with Crippen LogP contribution >= 0.6 is 11.3 Å². The Morgan fingerprint density at radius 2 is 2.11 bits per heavy atom. The van der Waals surface area contributed by atoms with Crippen molar-refractivity contribution in [3.63, 3.8) is 0 Å². The predicted molar refractivity (Wildman–Crippen MR) is 119 cm³/mol. The van der Waals surface area contributed by atoms with Gasteiger partial charge in [0.15, 0.2) is 5.96 Å². The van der Waals surface area contributed by atoms with E-state index in [0.29, 0.717) is 6.04 Å². The molecule has 0 radical (unpaired) electrons. The van der Waals surface area contributed by atoms with Crippen molar-refractivity contribution in [2.24, 2.45) is 4.99 Å². The number of guanidine groups is 1. The van der Waals surface area contributed by atoms with Gasteiger partial charge in [-0.2, -0.15) is 0 Å². The van der Waals surface area contributed by atoms with Gasteiger partial charge in [0.1, 0.15) is 0 Å². The second kappa shape index (κ2) is 10.6. The minimum absolute atomic E-state index is 0.494. The van der Waals surface area contributed by atoms with Crippen LogP contribution in [-0.2, 0) is 13.0 Å². The van der Waals surface area contributed by atoms with Gasteiger partial charge in [-0.25, -0.2) is 4.98 Å². The second-order valence-corrected chi connectivity index (χ2v) is 8.88. The molecule has 5 nitrogen and oxygen atoms in total. The van der Waals surface area contributed by atoms with Crippen LogP contribution in [0.4, 0.5) is 0 Å². The van der Waals surface area contributed by atoms with Gasteiger partial charge < -0.3 is 10.6 Å². The molecule has 152 valence electrons. The Labute approximate surface area is 173 Å². The Bertz CT molecular complexity index is 762. The molecule has 1 aromatic heterocycles. The van der Waals surface area contributed by atoms with E-state index in [1.165, 1.54) is 21.0 Å². The highest BCUT2D eigenvalue weighted by molar-refractivity contribution is 7.11. The number of nitrogens with zero attached hydrogens (tertiary/aromatic N) is 3. The molecule has 3 rings (SSSR count). The molecule has 2 heterocycles. The zero-order chi connectivity index (χ0) is 19.8. The summed E-state index contributed by atoms with van der Waals surface area (Å²) in [6.07, 6.45) is 5.16. The Balaban J connectivity index is 1.44. The number of thiazole rings is 1. The average molecular weight is 400 g/mol. The van der Waals surface area contributed by atoms with Crippen molar-refractivity contribution < 1.29 is 0 Å². The minimum Gasteiger partial charge on any atom is -0.357 e. The summed E-state index contributed by atoms with van der Waals surface area (Å²) in [5.41, 5.74) is 2.76. The van der Waals surface area contributed by atoms with Crippen LogP contribution in [0.5, 0.6) is 0 Å². The van der Waals surface area contributed by atoms with E-state index in [2.05, 4.69) is 65.6 Å². The van der Waals surface area contributed by atoms with Crippen LogP contribution in [0, 0.1) is 13.8 Å². The third-order valence-electron chi connectivity index (χ3n) is 5.03. The zero-order valence-electron chi connectivity index (χ0n) is 17.4. The lowest BCUT2D eigenvalue weighted by atomic mass is 10.0. The Morgan fingerprint density at radius 3 is 2.79 bits per heavy atom. The van der Waals surface area contributed by atoms with Crippen molar-refractivity contribution in [2.75, 3.05) is 26.2 Å². The van der Waals surface area contributed by atoms with Crippen molar-refractivity contribution in [1.82, 2.24) is 20.5 Å². The van der Waals surface area contributed by atoms with E-state index in [1.54, 1.807) is 11.3 Å². The third kappa shape index (κ3) is 6.60. The second-order valence-electron chi connectivity index (χ2n) is 7.56. The number of aromatic nitrogens is 1. The smallest absolute Gasteiger partial charge is 0.191 e. The molecule has 6 heteroatoms. The molecule has 1 aliphatic rings. The number of hydrogen-bond acceptors (Lipinski definition) is 4. The molecule has 0 bridgehead atoms. The molecule has 0 aliphatic carbocycles. The molecule has 1 aromatic carbocycles. The van der Waals surface area contributed by atoms with Crippen LogP contribution in [-0.4, -0.2) is 48.1 Å². The molecule has 0 unspecified atom stereocenters. The van der Waals surface area contributed by atoms with Crippen molar-refractivity contribution in [3.8, 4) is 0 Å². The third-order valence-corrected chi connectivity index (χ3v) is 6.00. The summed E-state index contributed by atoms with van der Waals surface area (Å²) in [6, 6.07) is 9.34. The summed E-state index contributed by atoms with van der Waals surface area (Å²) < 4.78 is 0. The number of benzene rings is 1. The summed E-state index contributed by atoms with van der Waals surface area (Å²) in [5, 5.41) is 8.19. The number of hydrogen-bond donors (Lipinski definition) is 2. The summed E-state index contributed by atoms with van der Waals surface area (Å²) >= 11 is 1.76. The normalized spacial score (nSPS) is 16.3. The van der Waals surface area contributed by atoms with Crippen LogP contribution in [0.15, 0.2) is 35.5 Å². The van der Waals surface area contributed by atoms with Crippen LogP contribution in [0.25, 0.3) is 0 Å². The van der Waals surface area contributed by atoms with Crippen molar-refractivity contribution in [2.45, 2.75) is 52.6 Å². The summed E-state index contributed by atoms with van der Waals surface area (Å²) in [4.78, 5) is 13.0.